The lowest BCUT2D eigenvalue weighted by atomic mass is 10.1. The molecule has 0 bridgehead atoms. The van der Waals surface area contributed by atoms with Crippen LogP contribution in [0, 0.1) is 0 Å². The summed E-state index contributed by atoms with van der Waals surface area (Å²) in [6.07, 6.45) is 1.20. The second-order valence-corrected chi connectivity index (χ2v) is 5.53. The van der Waals surface area contributed by atoms with Crippen molar-refractivity contribution in [3.63, 3.8) is 0 Å². The molecule has 0 amide bonds. The number of benzene rings is 1. The van der Waals surface area contributed by atoms with Crippen molar-refractivity contribution in [3.8, 4) is 0 Å². The molecule has 1 rings (SSSR count). The molecule has 2 heteroatoms. The van der Waals surface area contributed by atoms with E-state index in [-0.39, 0.29) is 0 Å². The molecule has 0 aromatic heterocycles. The first kappa shape index (κ1) is 15.2. The van der Waals surface area contributed by atoms with E-state index in [2.05, 4.69) is 69.2 Å². The van der Waals surface area contributed by atoms with Gasteiger partial charge in [0.2, 0.25) is 0 Å². The molecule has 1 unspecified atom stereocenters. The molecular weight excluding hydrogens is 220 g/mol. The van der Waals surface area contributed by atoms with E-state index in [4.69, 9.17) is 0 Å². The highest BCUT2D eigenvalue weighted by molar-refractivity contribution is 5.23. The van der Waals surface area contributed by atoms with Gasteiger partial charge in [-0.3, -0.25) is 4.90 Å². The summed E-state index contributed by atoms with van der Waals surface area (Å²) in [6, 6.07) is 10.1. The molecule has 102 valence electrons. The minimum Gasteiger partial charge on any atom is -0.310 e. The smallest absolute Gasteiger partial charge is 0.0233 e. The van der Waals surface area contributed by atoms with Crippen LogP contribution in [0.5, 0.6) is 0 Å². The Morgan fingerprint density at radius 3 is 2.44 bits per heavy atom. The molecular formula is C16H28N2. The maximum Gasteiger partial charge on any atom is 0.0233 e. The van der Waals surface area contributed by atoms with Crippen molar-refractivity contribution in [1.29, 1.82) is 0 Å². The van der Waals surface area contributed by atoms with Crippen molar-refractivity contribution in [2.45, 2.75) is 59.3 Å². The first-order valence-corrected chi connectivity index (χ1v) is 7.04. The van der Waals surface area contributed by atoms with Crippen LogP contribution in [-0.4, -0.2) is 24.0 Å². The molecule has 0 aliphatic rings. The summed E-state index contributed by atoms with van der Waals surface area (Å²) in [6.45, 7) is 10.9. The van der Waals surface area contributed by atoms with Crippen LogP contribution in [0.4, 0.5) is 0 Å². The van der Waals surface area contributed by atoms with Gasteiger partial charge in [-0.15, -0.1) is 0 Å². The van der Waals surface area contributed by atoms with Crippen LogP contribution in [0.2, 0.25) is 0 Å². The fraction of sp³-hybridized carbons (Fsp3) is 0.625. The van der Waals surface area contributed by atoms with Gasteiger partial charge in [0.1, 0.15) is 0 Å². The standard InChI is InChI=1S/C16H28N2/c1-6-14(4)18(5)12-16-9-7-8-15(10-16)11-17-13(2)3/h7-10,13-14,17H,6,11-12H2,1-5H3. The average Bonchev–Trinajstić information content (AvgIpc) is 2.35. The molecule has 0 aliphatic carbocycles. The van der Waals surface area contributed by atoms with Gasteiger partial charge in [-0.1, -0.05) is 45.0 Å². The Kier molecular flexibility index (Phi) is 6.37. The highest BCUT2D eigenvalue weighted by Crippen LogP contribution is 2.10. The molecule has 1 atom stereocenters. The summed E-state index contributed by atoms with van der Waals surface area (Å²) < 4.78 is 0. The van der Waals surface area contributed by atoms with E-state index in [1.165, 1.54) is 17.5 Å². The molecule has 2 nitrogen and oxygen atoms in total. The van der Waals surface area contributed by atoms with E-state index in [1.54, 1.807) is 0 Å². The van der Waals surface area contributed by atoms with Gasteiger partial charge in [0.25, 0.3) is 0 Å². The average molecular weight is 248 g/mol. The van der Waals surface area contributed by atoms with Gasteiger partial charge in [-0.05, 0) is 31.5 Å². The third-order valence-corrected chi connectivity index (χ3v) is 3.48. The van der Waals surface area contributed by atoms with E-state index >= 15 is 0 Å². The normalized spacial score (nSPS) is 13.3. The third kappa shape index (κ3) is 5.19. The number of rotatable bonds is 7. The first-order chi connectivity index (χ1) is 8.52. The monoisotopic (exact) mass is 248 g/mol. The van der Waals surface area contributed by atoms with Gasteiger partial charge >= 0.3 is 0 Å². The molecule has 0 saturated heterocycles. The molecule has 0 saturated carbocycles. The third-order valence-electron chi connectivity index (χ3n) is 3.48. The van der Waals surface area contributed by atoms with Crippen LogP contribution in [0.1, 0.15) is 45.2 Å². The van der Waals surface area contributed by atoms with Crippen molar-refractivity contribution >= 4 is 0 Å². The van der Waals surface area contributed by atoms with Crippen LogP contribution in [-0.2, 0) is 13.1 Å². The maximum atomic E-state index is 3.46. The summed E-state index contributed by atoms with van der Waals surface area (Å²) in [4.78, 5) is 2.41. The zero-order chi connectivity index (χ0) is 13.5. The molecule has 1 aromatic rings. The summed E-state index contributed by atoms with van der Waals surface area (Å²) in [5.74, 6) is 0. The van der Waals surface area contributed by atoms with Gasteiger partial charge in [-0.2, -0.15) is 0 Å². The molecule has 0 fully saturated rings. The van der Waals surface area contributed by atoms with E-state index in [0.29, 0.717) is 12.1 Å². The van der Waals surface area contributed by atoms with Crippen molar-refractivity contribution in [3.05, 3.63) is 35.4 Å². The second-order valence-electron chi connectivity index (χ2n) is 5.53. The SMILES string of the molecule is CCC(C)N(C)Cc1cccc(CNC(C)C)c1. The molecule has 0 radical (unpaired) electrons. The van der Waals surface area contributed by atoms with E-state index < -0.39 is 0 Å². The molecule has 0 aliphatic heterocycles. The maximum absolute atomic E-state index is 3.46. The minimum atomic E-state index is 0.538. The lowest BCUT2D eigenvalue weighted by Gasteiger charge is -2.23. The fourth-order valence-corrected chi connectivity index (χ4v) is 1.92. The van der Waals surface area contributed by atoms with E-state index in [9.17, 15) is 0 Å². The first-order valence-electron chi connectivity index (χ1n) is 7.04. The zero-order valence-electron chi connectivity index (χ0n) is 12.5. The van der Waals surface area contributed by atoms with Crippen LogP contribution in [0.15, 0.2) is 24.3 Å². The van der Waals surface area contributed by atoms with Crippen LogP contribution < -0.4 is 5.32 Å². The van der Waals surface area contributed by atoms with E-state index in [1.807, 2.05) is 0 Å². The number of nitrogens with zero attached hydrogens (tertiary/aromatic N) is 1. The van der Waals surface area contributed by atoms with Crippen molar-refractivity contribution in [1.82, 2.24) is 10.2 Å². The highest BCUT2D eigenvalue weighted by Gasteiger charge is 2.07. The molecule has 0 spiro atoms. The minimum absolute atomic E-state index is 0.538. The van der Waals surface area contributed by atoms with Crippen molar-refractivity contribution < 1.29 is 0 Å². The van der Waals surface area contributed by atoms with Crippen LogP contribution in [0.3, 0.4) is 0 Å². The summed E-state index contributed by atoms with van der Waals surface area (Å²) in [5, 5.41) is 3.46. The summed E-state index contributed by atoms with van der Waals surface area (Å²) >= 11 is 0. The Hall–Kier alpha value is -0.860. The Bertz CT molecular complexity index is 347. The predicted octanol–water partition coefficient (Wildman–Crippen LogP) is 3.41. The van der Waals surface area contributed by atoms with Crippen molar-refractivity contribution in [2.75, 3.05) is 7.05 Å². The fourth-order valence-electron chi connectivity index (χ4n) is 1.92. The molecule has 1 aromatic carbocycles. The number of nitrogens with one attached hydrogen (secondary N) is 1. The number of hydrogen-bond acceptors (Lipinski definition) is 2. The van der Waals surface area contributed by atoms with Gasteiger partial charge in [0.15, 0.2) is 0 Å². The number of hydrogen-bond donors (Lipinski definition) is 1. The lowest BCUT2D eigenvalue weighted by molar-refractivity contribution is 0.244. The van der Waals surface area contributed by atoms with Crippen molar-refractivity contribution in [2.24, 2.45) is 0 Å². The molecule has 18 heavy (non-hydrogen) atoms. The van der Waals surface area contributed by atoms with Crippen LogP contribution in [0.25, 0.3) is 0 Å². The summed E-state index contributed by atoms with van der Waals surface area (Å²) in [5.41, 5.74) is 2.78. The molecule has 1 N–H and O–H groups in total. The largest absolute Gasteiger partial charge is 0.310 e. The van der Waals surface area contributed by atoms with Gasteiger partial charge in [0, 0.05) is 25.2 Å². The van der Waals surface area contributed by atoms with Gasteiger partial charge in [0.05, 0.1) is 0 Å². The lowest BCUT2D eigenvalue weighted by Crippen LogP contribution is -2.27. The quantitative estimate of drug-likeness (QED) is 0.795. The van der Waals surface area contributed by atoms with Gasteiger partial charge in [-0.25, -0.2) is 0 Å². The Morgan fingerprint density at radius 1 is 1.17 bits per heavy atom. The Labute approximate surface area is 112 Å². The van der Waals surface area contributed by atoms with Crippen LogP contribution >= 0.6 is 0 Å². The van der Waals surface area contributed by atoms with E-state index in [0.717, 1.165) is 13.1 Å². The Balaban J connectivity index is 2.59. The predicted molar refractivity (Wildman–Crippen MR) is 79.6 cm³/mol. The topological polar surface area (TPSA) is 15.3 Å². The second kappa shape index (κ2) is 7.55. The van der Waals surface area contributed by atoms with Gasteiger partial charge < -0.3 is 5.32 Å². The Morgan fingerprint density at radius 2 is 1.83 bits per heavy atom. The highest BCUT2D eigenvalue weighted by atomic mass is 15.1. The molecule has 0 heterocycles. The summed E-state index contributed by atoms with van der Waals surface area (Å²) in [7, 11) is 2.20. The zero-order valence-corrected chi connectivity index (χ0v) is 12.5.